The molecule has 1 atom stereocenters. The third kappa shape index (κ3) is 8.22. The Morgan fingerprint density at radius 1 is 0.929 bits per heavy atom. The second-order valence-electron chi connectivity index (χ2n) is 11.1. The number of amides is 1. The Hall–Kier alpha value is -4.59. The lowest BCUT2D eigenvalue weighted by molar-refractivity contribution is -0.136. The molecule has 220 valence electrons. The average Bonchev–Trinajstić information content (AvgIpc) is 2.94. The fourth-order valence-corrected chi connectivity index (χ4v) is 4.51. The van der Waals surface area contributed by atoms with E-state index in [0.717, 1.165) is 28.5 Å². The number of fused-ring (bicyclic) bond motifs is 1. The van der Waals surface area contributed by atoms with Crippen LogP contribution in [-0.2, 0) is 29.0 Å². The molecule has 8 nitrogen and oxygen atoms in total. The second-order valence-corrected chi connectivity index (χ2v) is 11.1. The van der Waals surface area contributed by atoms with E-state index >= 15 is 0 Å². The van der Waals surface area contributed by atoms with Crippen molar-refractivity contribution in [3.05, 3.63) is 105 Å². The molecule has 0 spiro atoms. The summed E-state index contributed by atoms with van der Waals surface area (Å²) in [6.45, 7) is 9.54. The van der Waals surface area contributed by atoms with Gasteiger partial charge in [-0.05, 0) is 75.1 Å². The van der Waals surface area contributed by atoms with Gasteiger partial charge in [-0.15, -0.1) is 0 Å². The molecule has 0 saturated heterocycles. The highest BCUT2D eigenvalue weighted by molar-refractivity contribution is 5.86. The van der Waals surface area contributed by atoms with Crippen LogP contribution in [0.25, 0.3) is 11.0 Å². The predicted molar refractivity (Wildman–Crippen MR) is 161 cm³/mol. The number of ether oxygens (including phenoxy) is 3. The van der Waals surface area contributed by atoms with Crippen LogP contribution in [0.15, 0.2) is 82.0 Å². The summed E-state index contributed by atoms with van der Waals surface area (Å²) < 4.78 is 22.4. The van der Waals surface area contributed by atoms with Crippen LogP contribution in [0.4, 0.5) is 4.79 Å². The van der Waals surface area contributed by atoms with Gasteiger partial charge in [0, 0.05) is 23.4 Å². The van der Waals surface area contributed by atoms with E-state index in [1.54, 1.807) is 32.9 Å². The summed E-state index contributed by atoms with van der Waals surface area (Å²) in [4.78, 5) is 38.5. The van der Waals surface area contributed by atoms with Gasteiger partial charge in [0.25, 0.3) is 0 Å². The Bertz CT molecular complexity index is 1590. The number of hydrogen-bond donors (Lipinski definition) is 1. The minimum Gasteiger partial charge on any atom is -0.489 e. The second kappa shape index (κ2) is 13.4. The molecule has 0 aliphatic heterocycles. The van der Waals surface area contributed by atoms with Gasteiger partial charge in [0.15, 0.2) is 0 Å². The summed E-state index contributed by atoms with van der Waals surface area (Å²) in [5.41, 5.74) is 2.51. The van der Waals surface area contributed by atoms with Crippen molar-refractivity contribution in [2.24, 2.45) is 0 Å². The van der Waals surface area contributed by atoms with E-state index in [0.29, 0.717) is 29.9 Å². The van der Waals surface area contributed by atoms with Crippen molar-refractivity contribution in [3.63, 3.8) is 0 Å². The number of benzene rings is 3. The zero-order valence-electron chi connectivity index (χ0n) is 24.7. The maximum absolute atomic E-state index is 13.3. The van der Waals surface area contributed by atoms with Gasteiger partial charge in [0.2, 0.25) is 0 Å². The normalized spacial score (nSPS) is 12.0. The summed E-state index contributed by atoms with van der Waals surface area (Å²) in [6.07, 6.45) is 0.858. The van der Waals surface area contributed by atoms with Gasteiger partial charge in [0.05, 0.1) is 0 Å². The maximum atomic E-state index is 13.3. The summed E-state index contributed by atoms with van der Waals surface area (Å²) in [6, 6.07) is 21.0. The van der Waals surface area contributed by atoms with Gasteiger partial charge >= 0.3 is 17.7 Å². The zero-order chi connectivity index (χ0) is 30.3. The van der Waals surface area contributed by atoms with Gasteiger partial charge in [-0.25, -0.2) is 14.4 Å². The van der Waals surface area contributed by atoms with Gasteiger partial charge < -0.3 is 23.9 Å². The first-order valence-electron chi connectivity index (χ1n) is 14.1. The summed E-state index contributed by atoms with van der Waals surface area (Å²) in [5, 5.41) is 3.41. The number of nitrogens with one attached hydrogen (secondary N) is 1. The van der Waals surface area contributed by atoms with E-state index in [1.807, 2.05) is 68.4 Å². The molecular weight excluding hydrogens is 534 g/mol. The third-order valence-electron chi connectivity index (χ3n) is 6.56. The molecular formula is C34H37NO7. The highest BCUT2D eigenvalue weighted by Gasteiger charge is 2.27. The van der Waals surface area contributed by atoms with Crippen LogP contribution in [0.3, 0.4) is 0 Å². The van der Waals surface area contributed by atoms with Crippen LogP contribution in [0.1, 0.15) is 56.4 Å². The van der Waals surface area contributed by atoms with Crippen LogP contribution in [0.2, 0.25) is 0 Å². The number of hydrogen-bond acceptors (Lipinski definition) is 7. The highest BCUT2D eigenvalue weighted by atomic mass is 16.6. The third-order valence-corrected chi connectivity index (χ3v) is 6.56. The lowest BCUT2D eigenvalue weighted by Crippen LogP contribution is -2.46. The molecule has 1 aromatic heterocycles. The molecule has 4 rings (SSSR count). The van der Waals surface area contributed by atoms with Crippen LogP contribution in [0.5, 0.6) is 11.5 Å². The first kappa shape index (κ1) is 30.4. The largest absolute Gasteiger partial charge is 0.489 e. The van der Waals surface area contributed by atoms with Gasteiger partial charge in [-0.2, -0.15) is 0 Å². The highest BCUT2D eigenvalue weighted by Crippen LogP contribution is 2.25. The zero-order valence-corrected chi connectivity index (χ0v) is 24.7. The first-order valence-corrected chi connectivity index (χ1v) is 14.1. The number of esters is 1. The van der Waals surface area contributed by atoms with E-state index in [9.17, 15) is 14.4 Å². The summed E-state index contributed by atoms with van der Waals surface area (Å²) >= 11 is 0. The van der Waals surface area contributed by atoms with Crippen LogP contribution >= 0.6 is 0 Å². The van der Waals surface area contributed by atoms with Gasteiger partial charge in [-0.3, -0.25) is 0 Å². The molecule has 0 saturated carbocycles. The Morgan fingerprint density at radius 3 is 2.29 bits per heavy atom. The fourth-order valence-electron chi connectivity index (χ4n) is 4.51. The molecule has 0 bridgehead atoms. The average molecular weight is 572 g/mol. The van der Waals surface area contributed by atoms with Crippen molar-refractivity contribution in [1.82, 2.24) is 5.32 Å². The molecule has 1 unspecified atom stereocenters. The van der Waals surface area contributed by atoms with Crippen molar-refractivity contribution < 1.29 is 28.2 Å². The number of rotatable bonds is 10. The topological polar surface area (TPSA) is 104 Å². The van der Waals surface area contributed by atoms with Crippen molar-refractivity contribution in [2.45, 2.75) is 72.1 Å². The summed E-state index contributed by atoms with van der Waals surface area (Å²) in [5.74, 6) is 0.183. The van der Waals surface area contributed by atoms with Gasteiger partial charge in [0.1, 0.15) is 35.3 Å². The quantitative estimate of drug-likeness (QED) is 0.129. The number of carbonyl (C=O) groups excluding carboxylic acids is 2. The predicted octanol–water partition coefficient (Wildman–Crippen LogP) is 6.67. The van der Waals surface area contributed by atoms with Crippen molar-refractivity contribution in [2.75, 3.05) is 0 Å². The Balaban J connectivity index is 1.51. The van der Waals surface area contributed by atoms with Crippen molar-refractivity contribution in [1.29, 1.82) is 0 Å². The Kier molecular flexibility index (Phi) is 9.68. The number of carbonyl (C=O) groups is 2. The fraction of sp³-hybridized carbons (Fsp3) is 0.324. The maximum Gasteiger partial charge on any atom is 0.408 e. The standard InChI is InChI=1S/C34H37NO7/c1-6-10-28-22(2)27-18-17-26(20-30(27)41-31(28)36)40-32(37)29(35-33(38)42-34(3,4)5)19-23-13-15-25(16-14-23)39-21-24-11-8-7-9-12-24/h7-9,11-18,20,29H,6,10,19,21H2,1-5H3,(H,35,38). The van der Waals surface area contributed by atoms with Crippen LogP contribution in [-0.4, -0.2) is 23.7 Å². The van der Waals surface area contributed by atoms with Crippen molar-refractivity contribution in [3.8, 4) is 11.5 Å². The van der Waals surface area contributed by atoms with E-state index in [4.69, 9.17) is 18.6 Å². The molecule has 0 fully saturated rings. The Morgan fingerprint density at radius 2 is 1.62 bits per heavy atom. The molecule has 3 aromatic carbocycles. The summed E-state index contributed by atoms with van der Waals surface area (Å²) in [7, 11) is 0. The van der Waals surface area contributed by atoms with Crippen molar-refractivity contribution >= 4 is 23.0 Å². The molecule has 1 N–H and O–H groups in total. The SMILES string of the molecule is CCCc1c(C)c2ccc(OC(=O)C(Cc3ccc(OCc4ccccc4)cc3)NC(=O)OC(C)(C)C)cc2oc1=O. The van der Waals surface area contributed by atoms with E-state index in [1.165, 1.54) is 6.07 Å². The lowest BCUT2D eigenvalue weighted by atomic mass is 10.0. The molecule has 42 heavy (non-hydrogen) atoms. The molecule has 0 aliphatic rings. The van der Waals surface area contributed by atoms with Crippen LogP contribution < -0.4 is 20.4 Å². The Labute approximate surface area is 245 Å². The molecule has 8 heteroatoms. The molecule has 0 aliphatic carbocycles. The molecule has 1 amide bonds. The number of aryl methyl sites for hydroxylation is 1. The molecule has 1 heterocycles. The minimum absolute atomic E-state index is 0.152. The lowest BCUT2D eigenvalue weighted by Gasteiger charge is -2.23. The van der Waals surface area contributed by atoms with E-state index in [2.05, 4.69) is 5.32 Å². The molecule has 4 aromatic rings. The monoisotopic (exact) mass is 571 g/mol. The number of alkyl carbamates (subject to hydrolysis) is 1. The molecule has 0 radical (unpaired) electrons. The smallest absolute Gasteiger partial charge is 0.408 e. The first-order chi connectivity index (χ1) is 20.0. The van der Waals surface area contributed by atoms with Crippen LogP contribution in [0, 0.1) is 6.92 Å². The minimum atomic E-state index is -1.05. The van der Waals surface area contributed by atoms with E-state index < -0.39 is 29.3 Å². The van der Waals surface area contributed by atoms with E-state index in [-0.39, 0.29) is 12.2 Å². The van der Waals surface area contributed by atoms with Gasteiger partial charge in [-0.1, -0.05) is 55.8 Å².